The van der Waals surface area contributed by atoms with Crippen LogP contribution in [0.3, 0.4) is 0 Å². The lowest BCUT2D eigenvalue weighted by molar-refractivity contribution is -0.139. The smallest absolute Gasteiger partial charge is 0.326 e. The summed E-state index contributed by atoms with van der Waals surface area (Å²) in [6.07, 6.45) is 0.0746. The molecule has 0 radical (unpaired) electrons. The van der Waals surface area contributed by atoms with Crippen LogP contribution in [0.2, 0.25) is 0 Å². The third-order valence-corrected chi connectivity index (χ3v) is 3.42. The lowest BCUT2D eigenvalue weighted by atomic mass is 10.0. The Hall–Kier alpha value is -2.87. The molecule has 1 amide bonds. The summed E-state index contributed by atoms with van der Waals surface area (Å²) >= 11 is 0. The Bertz CT molecular complexity index is 749. The molecular formula is C17H16N2O3. The molecule has 0 spiro atoms. The van der Waals surface area contributed by atoms with Gasteiger partial charge in [0, 0.05) is 11.5 Å². The average molecular weight is 296 g/mol. The SMILES string of the molecule is C[C@H](C#N)C[C@@H](NC(=O)c1ccc2ccccc2c1)C(=O)O. The first kappa shape index (κ1) is 15.5. The van der Waals surface area contributed by atoms with Crippen LogP contribution in [0.15, 0.2) is 42.5 Å². The normalized spacial score (nSPS) is 13.1. The molecule has 0 aliphatic heterocycles. The third-order valence-electron chi connectivity index (χ3n) is 3.42. The van der Waals surface area contributed by atoms with Crippen molar-refractivity contribution in [2.45, 2.75) is 19.4 Å². The van der Waals surface area contributed by atoms with Crippen molar-refractivity contribution in [2.75, 3.05) is 0 Å². The summed E-state index contributed by atoms with van der Waals surface area (Å²) in [6, 6.07) is 13.7. The standard InChI is InChI=1S/C17H16N2O3/c1-11(10-18)8-15(17(21)22)19-16(20)14-7-6-12-4-2-3-5-13(12)9-14/h2-7,9,11,15H,8H2,1H3,(H,19,20)(H,21,22)/t11-,15+/m0/s1. The van der Waals surface area contributed by atoms with Gasteiger partial charge in [0.2, 0.25) is 0 Å². The van der Waals surface area contributed by atoms with Gasteiger partial charge in [-0.1, -0.05) is 30.3 Å². The Labute approximate surface area is 128 Å². The Kier molecular flexibility index (Phi) is 4.74. The molecule has 5 nitrogen and oxygen atoms in total. The largest absolute Gasteiger partial charge is 0.480 e. The maximum Gasteiger partial charge on any atom is 0.326 e. The van der Waals surface area contributed by atoms with Crippen LogP contribution in [0.4, 0.5) is 0 Å². The van der Waals surface area contributed by atoms with Crippen LogP contribution in [0, 0.1) is 17.2 Å². The predicted octanol–water partition coefficient (Wildman–Crippen LogP) is 2.57. The van der Waals surface area contributed by atoms with E-state index in [0.717, 1.165) is 10.8 Å². The topological polar surface area (TPSA) is 90.2 Å². The number of aliphatic carboxylic acids is 1. The van der Waals surface area contributed by atoms with Crippen molar-refractivity contribution in [2.24, 2.45) is 5.92 Å². The van der Waals surface area contributed by atoms with Crippen LogP contribution in [-0.4, -0.2) is 23.0 Å². The van der Waals surface area contributed by atoms with Gasteiger partial charge in [-0.15, -0.1) is 0 Å². The van der Waals surface area contributed by atoms with E-state index in [1.807, 2.05) is 36.4 Å². The average Bonchev–Trinajstić information content (AvgIpc) is 2.53. The molecular weight excluding hydrogens is 280 g/mol. The fraction of sp³-hybridized carbons (Fsp3) is 0.235. The molecule has 0 aromatic heterocycles. The molecule has 0 fully saturated rings. The Morgan fingerprint density at radius 3 is 2.55 bits per heavy atom. The lowest BCUT2D eigenvalue weighted by Crippen LogP contribution is -2.41. The summed E-state index contributed by atoms with van der Waals surface area (Å²) < 4.78 is 0. The number of carboxylic acid groups (broad SMARTS) is 1. The molecule has 2 atom stereocenters. The number of nitrogens with zero attached hydrogens (tertiary/aromatic N) is 1. The highest BCUT2D eigenvalue weighted by Crippen LogP contribution is 2.16. The second kappa shape index (κ2) is 6.72. The number of rotatable bonds is 5. The summed E-state index contributed by atoms with van der Waals surface area (Å²) in [4.78, 5) is 23.4. The number of benzene rings is 2. The lowest BCUT2D eigenvalue weighted by Gasteiger charge is -2.15. The highest BCUT2D eigenvalue weighted by Gasteiger charge is 2.23. The van der Waals surface area contributed by atoms with Crippen LogP contribution < -0.4 is 5.32 Å². The zero-order chi connectivity index (χ0) is 16.1. The van der Waals surface area contributed by atoms with E-state index in [2.05, 4.69) is 5.32 Å². The Balaban J connectivity index is 2.18. The molecule has 0 aliphatic rings. The highest BCUT2D eigenvalue weighted by atomic mass is 16.4. The molecule has 2 aromatic rings. The first-order valence-corrected chi connectivity index (χ1v) is 6.93. The molecule has 2 N–H and O–H groups in total. The van der Waals surface area contributed by atoms with E-state index in [1.54, 1.807) is 19.1 Å². The van der Waals surface area contributed by atoms with E-state index in [4.69, 9.17) is 10.4 Å². The zero-order valence-corrected chi connectivity index (χ0v) is 12.1. The van der Waals surface area contributed by atoms with Crippen molar-refractivity contribution >= 4 is 22.6 Å². The number of fused-ring (bicyclic) bond motifs is 1. The minimum atomic E-state index is -1.14. The number of nitrogens with one attached hydrogen (secondary N) is 1. The zero-order valence-electron chi connectivity index (χ0n) is 12.1. The first-order valence-electron chi connectivity index (χ1n) is 6.93. The predicted molar refractivity (Wildman–Crippen MR) is 82.2 cm³/mol. The van der Waals surface area contributed by atoms with Gasteiger partial charge >= 0.3 is 5.97 Å². The molecule has 0 saturated carbocycles. The summed E-state index contributed by atoms with van der Waals surface area (Å²) in [7, 11) is 0. The van der Waals surface area contributed by atoms with Crippen molar-refractivity contribution in [3.8, 4) is 6.07 Å². The molecule has 2 aromatic carbocycles. The van der Waals surface area contributed by atoms with Crippen molar-refractivity contribution in [1.29, 1.82) is 5.26 Å². The maximum atomic E-state index is 12.2. The Morgan fingerprint density at radius 2 is 1.91 bits per heavy atom. The minimum Gasteiger partial charge on any atom is -0.480 e. The summed E-state index contributed by atoms with van der Waals surface area (Å²) in [5.41, 5.74) is 0.398. The number of nitriles is 1. The molecule has 0 bridgehead atoms. The second-order valence-electron chi connectivity index (χ2n) is 5.19. The first-order chi connectivity index (χ1) is 10.5. The van der Waals surface area contributed by atoms with E-state index in [9.17, 15) is 9.59 Å². The molecule has 5 heteroatoms. The second-order valence-corrected chi connectivity index (χ2v) is 5.19. The maximum absolute atomic E-state index is 12.2. The van der Waals surface area contributed by atoms with Gasteiger partial charge in [-0.3, -0.25) is 4.79 Å². The monoisotopic (exact) mass is 296 g/mol. The third kappa shape index (κ3) is 3.61. The molecule has 112 valence electrons. The van der Waals surface area contributed by atoms with Gasteiger partial charge < -0.3 is 10.4 Å². The molecule has 0 saturated heterocycles. The Morgan fingerprint density at radius 1 is 1.23 bits per heavy atom. The van der Waals surface area contributed by atoms with Gasteiger partial charge in [0.1, 0.15) is 6.04 Å². The van der Waals surface area contributed by atoms with Crippen molar-refractivity contribution < 1.29 is 14.7 Å². The van der Waals surface area contributed by atoms with E-state index < -0.39 is 23.8 Å². The van der Waals surface area contributed by atoms with Gasteiger partial charge in [-0.25, -0.2) is 4.79 Å². The minimum absolute atomic E-state index is 0.0746. The van der Waals surface area contributed by atoms with Gasteiger partial charge in [-0.2, -0.15) is 5.26 Å². The van der Waals surface area contributed by atoms with Crippen molar-refractivity contribution in [1.82, 2.24) is 5.32 Å². The summed E-state index contributed by atoms with van der Waals surface area (Å²) in [6.45, 7) is 1.62. The molecule has 0 unspecified atom stereocenters. The number of carbonyl (C=O) groups excluding carboxylic acids is 1. The molecule has 0 heterocycles. The molecule has 0 aliphatic carbocycles. The molecule has 2 rings (SSSR count). The summed E-state index contributed by atoms with van der Waals surface area (Å²) in [5.74, 6) is -2.04. The van der Waals surface area contributed by atoms with Crippen LogP contribution >= 0.6 is 0 Å². The van der Waals surface area contributed by atoms with Gasteiger partial charge in [-0.05, 0) is 36.2 Å². The van der Waals surface area contributed by atoms with Crippen molar-refractivity contribution in [3.05, 3.63) is 48.0 Å². The van der Waals surface area contributed by atoms with E-state index in [-0.39, 0.29) is 6.42 Å². The van der Waals surface area contributed by atoms with E-state index in [0.29, 0.717) is 5.56 Å². The summed E-state index contributed by atoms with van der Waals surface area (Å²) in [5, 5.41) is 22.3. The van der Waals surface area contributed by atoms with Crippen LogP contribution in [-0.2, 0) is 4.79 Å². The number of hydrogen-bond donors (Lipinski definition) is 2. The molecule has 22 heavy (non-hydrogen) atoms. The van der Waals surface area contributed by atoms with Crippen LogP contribution in [0.5, 0.6) is 0 Å². The van der Waals surface area contributed by atoms with Crippen molar-refractivity contribution in [3.63, 3.8) is 0 Å². The number of carbonyl (C=O) groups is 2. The van der Waals surface area contributed by atoms with E-state index >= 15 is 0 Å². The number of carboxylic acids is 1. The van der Waals surface area contributed by atoms with E-state index in [1.165, 1.54) is 0 Å². The number of amides is 1. The van der Waals surface area contributed by atoms with Crippen LogP contribution in [0.25, 0.3) is 10.8 Å². The van der Waals surface area contributed by atoms with Crippen LogP contribution in [0.1, 0.15) is 23.7 Å². The van der Waals surface area contributed by atoms with Gasteiger partial charge in [0.05, 0.1) is 6.07 Å². The number of hydrogen-bond acceptors (Lipinski definition) is 3. The quantitative estimate of drug-likeness (QED) is 0.887. The van der Waals surface area contributed by atoms with Gasteiger partial charge in [0.25, 0.3) is 5.91 Å². The van der Waals surface area contributed by atoms with Gasteiger partial charge in [0.15, 0.2) is 0 Å². The fourth-order valence-electron chi connectivity index (χ4n) is 2.20. The fourth-order valence-corrected chi connectivity index (χ4v) is 2.20. The highest BCUT2D eigenvalue weighted by molar-refractivity contribution is 6.00.